The number of para-hydroxylation sites is 1. The molecule has 2 N–H and O–H groups in total. The number of benzene rings is 1. The minimum atomic E-state index is 0.333. The molecule has 3 nitrogen and oxygen atoms in total. The van der Waals surface area contributed by atoms with Crippen molar-refractivity contribution in [3.8, 4) is 11.6 Å². The first-order valence-corrected chi connectivity index (χ1v) is 7.62. The van der Waals surface area contributed by atoms with Gasteiger partial charge in [0, 0.05) is 5.69 Å². The van der Waals surface area contributed by atoms with E-state index < -0.39 is 0 Å². The third-order valence-electron chi connectivity index (χ3n) is 3.83. The van der Waals surface area contributed by atoms with Gasteiger partial charge in [0.25, 0.3) is 0 Å². The van der Waals surface area contributed by atoms with Gasteiger partial charge in [0.15, 0.2) is 0 Å². The van der Waals surface area contributed by atoms with Crippen LogP contribution >= 0.6 is 12.2 Å². The van der Waals surface area contributed by atoms with Crippen LogP contribution in [0.15, 0.2) is 30.3 Å². The number of nitrogens with zero attached hydrogens (tertiary/aromatic N) is 1. The van der Waals surface area contributed by atoms with E-state index in [4.69, 9.17) is 22.7 Å². The highest BCUT2D eigenvalue weighted by molar-refractivity contribution is 7.80. The summed E-state index contributed by atoms with van der Waals surface area (Å²) < 4.78 is 5.99. The minimum absolute atomic E-state index is 0.333. The zero-order valence-electron chi connectivity index (χ0n) is 12.1. The standard InChI is InChI=1S/C17H18N2OS/c1-11-6-2-5-9-15(11)20-17-13(16(18)21)10-12-7-3-4-8-14(12)19-17/h2,5-6,9-10H,3-4,7-8H2,1H3,(H2,18,21). The van der Waals surface area contributed by atoms with Crippen LogP contribution in [0.2, 0.25) is 0 Å². The fourth-order valence-corrected chi connectivity index (χ4v) is 2.79. The van der Waals surface area contributed by atoms with Gasteiger partial charge in [0.05, 0.1) is 5.56 Å². The number of thiocarbonyl (C=S) groups is 1. The molecule has 1 aromatic carbocycles. The van der Waals surface area contributed by atoms with E-state index in [1.54, 1.807) is 0 Å². The predicted octanol–water partition coefficient (Wildman–Crippen LogP) is 3.70. The van der Waals surface area contributed by atoms with Crippen LogP contribution < -0.4 is 10.5 Å². The van der Waals surface area contributed by atoms with E-state index >= 15 is 0 Å². The smallest absolute Gasteiger partial charge is 0.229 e. The molecule has 0 atom stereocenters. The molecule has 0 unspecified atom stereocenters. The highest BCUT2D eigenvalue weighted by Crippen LogP contribution is 2.30. The highest BCUT2D eigenvalue weighted by Gasteiger charge is 2.18. The van der Waals surface area contributed by atoms with E-state index in [0.717, 1.165) is 35.4 Å². The van der Waals surface area contributed by atoms with Crippen LogP contribution in [0.3, 0.4) is 0 Å². The molecule has 0 saturated carbocycles. The second kappa shape index (κ2) is 5.82. The maximum Gasteiger partial charge on any atom is 0.229 e. The summed E-state index contributed by atoms with van der Waals surface area (Å²) in [5.74, 6) is 1.32. The van der Waals surface area contributed by atoms with Crippen molar-refractivity contribution in [1.29, 1.82) is 0 Å². The Labute approximate surface area is 130 Å². The Kier molecular flexibility index (Phi) is 3.88. The minimum Gasteiger partial charge on any atom is -0.438 e. The lowest BCUT2D eigenvalue weighted by molar-refractivity contribution is 0.453. The van der Waals surface area contributed by atoms with Gasteiger partial charge in [-0.25, -0.2) is 4.98 Å². The average molecular weight is 298 g/mol. The molecule has 0 fully saturated rings. The lowest BCUT2D eigenvalue weighted by Gasteiger charge is -2.18. The maximum atomic E-state index is 5.99. The van der Waals surface area contributed by atoms with E-state index in [-0.39, 0.29) is 0 Å². The van der Waals surface area contributed by atoms with Crippen LogP contribution in [0.5, 0.6) is 11.6 Å². The Morgan fingerprint density at radius 1 is 1.24 bits per heavy atom. The summed E-state index contributed by atoms with van der Waals surface area (Å²) >= 11 is 5.16. The number of ether oxygens (including phenoxy) is 1. The third kappa shape index (κ3) is 2.90. The van der Waals surface area contributed by atoms with Crippen molar-refractivity contribution < 1.29 is 4.74 Å². The number of hydrogen-bond donors (Lipinski definition) is 1. The third-order valence-corrected chi connectivity index (χ3v) is 4.05. The second-order valence-electron chi connectivity index (χ2n) is 5.39. The van der Waals surface area contributed by atoms with Crippen LogP contribution in [0.1, 0.15) is 35.2 Å². The summed E-state index contributed by atoms with van der Waals surface area (Å²) in [5, 5.41) is 0. The van der Waals surface area contributed by atoms with Crippen molar-refractivity contribution >= 4 is 17.2 Å². The first-order chi connectivity index (χ1) is 10.1. The van der Waals surface area contributed by atoms with Crippen molar-refractivity contribution in [3.05, 3.63) is 52.7 Å². The molecule has 1 aromatic heterocycles. The number of hydrogen-bond acceptors (Lipinski definition) is 3. The van der Waals surface area contributed by atoms with Crippen molar-refractivity contribution in [3.63, 3.8) is 0 Å². The first kappa shape index (κ1) is 14.0. The van der Waals surface area contributed by atoms with E-state index in [2.05, 4.69) is 11.1 Å². The van der Waals surface area contributed by atoms with Gasteiger partial charge in [-0.3, -0.25) is 0 Å². The molecular formula is C17H18N2OS. The lowest BCUT2D eigenvalue weighted by atomic mass is 9.95. The highest BCUT2D eigenvalue weighted by atomic mass is 32.1. The number of nitrogens with two attached hydrogens (primary N) is 1. The fraction of sp³-hybridized carbons (Fsp3) is 0.294. The molecule has 0 amide bonds. The molecule has 0 saturated heterocycles. The quantitative estimate of drug-likeness (QED) is 0.878. The summed E-state index contributed by atoms with van der Waals surface area (Å²) in [7, 11) is 0. The normalized spacial score (nSPS) is 13.6. The van der Waals surface area contributed by atoms with Gasteiger partial charge in [-0.2, -0.15) is 0 Å². The zero-order chi connectivity index (χ0) is 14.8. The summed E-state index contributed by atoms with van der Waals surface area (Å²) in [5.41, 5.74) is 10.0. The average Bonchev–Trinajstić information content (AvgIpc) is 2.48. The SMILES string of the molecule is Cc1ccccc1Oc1nc2c(cc1C(N)=S)CCCC2. The molecular weight excluding hydrogens is 280 g/mol. The van der Waals surface area contributed by atoms with Crippen molar-refractivity contribution in [2.24, 2.45) is 5.73 Å². The largest absolute Gasteiger partial charge is 0.438 e. The van der Waals surface area contributed by atoms with Gasteiger partial charge in [-0.1, -0.05) is 30.4 Å². The van der Waals surface area contributed by atoms with Gasteiger partial charge >= 0.3 is 0 Å². The molecule has 1 aliphatic rings. The molecule has 0 spiro atoms. The molecule has 108 valence electrons. The van der Waals surface area contributed by atoms with E-state index in [9.17, 15) is 0 Å². The molecule has 2 aromatic rings. The van der Waals surface area contributed by atoms with Gasteiger partial charge < -0.3 is 10.5 Å². The van der Waals surface area contributed by atoms with Crippen LogP contribution in [0.4, 0.5) is 0 Å². The molecule has 21 heavy (non-hydrogen) atoms. The van der Waals surface area contributed by atoms with E-state index in [1.807, 2.05) is 31.2 Å². The maximum absolute atomic E-state index is 5.99. The first-order valence-electron chi connectivity index (χ1n) is 7.21. The summed E-state index contributed by atoms with van der Waals surface area (Å²) in [6.07, 6.45) is 4.42. The van der Waals surface area contributed by atoms with Crippen molar-refractivity contribution in [2.75, 3.05) is 0 Å². The van der Waals surface area contributed by atoms with Crippen LogP contribution in [-0.2, 0) is 12.8 Å². The van der Waals surface area contributed by atoms with E-state index in [1.165, 1.54) is 18.4 Å². The molecule has 1 aliphatic carbocycles. The summed E-state index contributed by atoms with van der Waals surface area (Å²) in [6, 6.07) is 9.92. The molecule has 0 radical (unpaired) electrons. The van der Waals surface area contributed by atoms with Gasteiger partial charge in [0.2, 0.25) is 5.88 Å². The molecule has 3 rings (SSSR count). The monoisotopic (exact) mass is 298 g/mol. The van der Waals surface area contributed by atoms with Crippen molar-refractivity contribution in [2.45, 2.75) is 32.6 Å². The van der Waals surface area contributed by atoms with Crippen LogP contribution in [0, 0.1) is 6.92 Å². The Balaban J connectivity index is 2.04. The Morgan fingerprint density at radius 2 is 2.00 bits per heavy atom. The van der Waals surface area contributed by atoms with Crippen LogP contribution in [0.25, 0.3) is 0 Å². The molecule has 0 aliphatic heterocycles. The topological polar surface area (TPSA) is 48.1 Å². The van der Waals surface area contributed by atoms with Gasteiger partial charge in [-0.05, 0) is 55.9 Å². The number of rotatable bonds is 3. The Morgan fingerprint density at radius 3 is 2.76 bits per heavy atom. The van der Waals surface area contributed by atoms with Gasteiger partial charge in [-0.15, -0.1) is 0 Å². The Bertz CT molecular complexity index is 697. The molecule has 1 heterocycles. The number of fused-ring (bicyclic) bond motifs is 1. The molecule has 0 bridgehead atoms. The summed E-state index contributed by atoms with van der Waals surface area (Å²) in [4.78, 5) is 5.01. The fourth-order valence-electron chi connectivity index (χ4n) is 2.64. The predicted molar refractivity (Wildman–Crippen MR) is 88.0 cm³/mol. The lowest BCUT2D eigenvalue weighted by Crippen LogP contribution is -2.15. The zero-order valence-corrected chi connectivity index (χ0v) is 12.9. The van der Waals surface area contributed by atoms with E-state index in [0.29, 0.717) is 10.9 Å². The number of aromatic nitrogens is 1. The second-order valence-corrected chi connectivity index (χ2v) is 5.83. The Hall–Kier alpha value is -1.94. The number of aryl methyl sites for hydroxylation is 3. The molecule has 4 heteroatoms. The van der Waals surface area contributed by atoms with Crippen LogP contribution in [-0.4, -0.2) is 9.97 Å². The van der Waals surface area contributed by atoms with Crippen molar-refractivity contribution in [1.82, 2.24) is 4.98 Å². The summed E-state index contributed by atoms with van der Waals surface area (Å²) in [6.45, 7) is 2.01. The van der Waals surface area contributed by atoms with Gasteiger partial charge in [0.1, 0.15) is 10.7 Å². The number of pyridine rings is 1.